The van der Waals surface area contributed by atoms with Gasteiger partial charge < -0.3 is 5.32 Å². The number of pyridine rings is 1. The molecule has 2 aliphatic rings. The third-order valence-electron chi connectivity index (χ3n) is 5.97. The van der Waals surface area contributed by atoms with E-state index >= 15 is 0 Å². The lowest BCUT2D eigenvalue weighted by Crippen LogP contribution is -2.26. The number of halogens is 1. The zero-order valence-corrected chi connectivity index (χ0v) is 17.4. The number of amides is 1. The number of nitrogens with zero attached hydrogens (tertiary/aromatic N) is 4. The molecular formula is C24H24FN5O. The van der Waals surface area contributed by atoms with Crippen LogP contribution < -0.4 is 5.32 Å². The normalized spacial score (nSPS) is 16.7. The van der Waals surface area contributed by atoms with Crippen LogP contribution >= 0.6 is 0 Å². The number of alkyl halides is 1. The van der Waals surface area contributed by atoms with Gasteiger partial charge in [-0.2, -0.15) is 5.10 Å². The van der Waals surface area contributed by atoms with E-state index in [1.807, 2.05) is 25.4 Å². The molecule has 0 unspecified atom stereocenters. The number of fused-ring (bicyclic) bond motifs is 1. The number of anilines is 1. The molecule has 7 heteroatoms. The molecule has 0 saturated heterocycles. The van der Waals surface area contributed by atoms with Crippen LogP contribution in [0.1, 0.15) is 24.0 Å². The number of nitrogens with one attached hydrogen (secondary N) is 1. The Morgan fingerprint density at radius 2 is 2.06 bits per heavy atom. The van der Waals surface area contributed by atoms with Crippen LogP contribution in [-0.2, 0) is 24.9 Å². The van der Waals surface area contributed by atoms with Crippen LogP contribution in [0, 0.1) is 0 Å². The third kappa shape index (κ3) is 3.88. The van der Waals surface area contributed by atoms with Crippen LogP contribution in [0.25, 0.3) is 22.4 Å². The van der Waals surface area contributed by atoms with E-state index in [-0.39, 0.29) is 5.91 Å². The summed E-state index contributed by atoms with van der Waals surface area (Å²) < 4.78 is 15.9. The Morgan fingerprint density at radius 3 is 2.77 bits per heavy atom. The van der Waals surface area contributed by atoms with Crippen LogP contribution in [0.15, 0.2) is 55.5 Å². The molecule has 1 aliphatic heterocycles. The van der Waals surface area contributed by atoms with Gasteiger partial charge in [0, 0.05) is 55.8 Å². The Morgan fingerprint density at radius 1 is 1.26 bits per heavy atom. The van der Waals surface area contributed by atoms with E-state index in [4.69, 9.17) is 0 Å². The quantitative estimate of drug-likeness (QED) is 0.614. The average molecular weight is 417 g/mol. The summed E-state index contributed by atoms with van der Waals surface area (Å²) in [7, 11) is 1.85. The number of aromatic nitrogens is 3. The molecule has 6 nitrogen and oxygen atoms in total. The highest BCUT2D eigenvalue weighted by molar-refractivity contribution is 6.05. The summed E-state index contributed by atoms with van der Waals surface area (Å²) in [6.45, 7) is 5.56. The zero-order valence-electron chi connectivity index (χ0n) is 17.4. The molecule has 1 aromatic carbocycles. The number of hydrogen-bond donors (Lipinski definition) is 1. The summed E-state index contributed by atoms with van der Waals surface area (Å²) in [5.74, 6) is -0.301. The van der Waals surface area contributed by atoms with Crippen molar-refractivity contribution in [3.63, 3.8) is 0 Å². The maximum Gasteiger partial charge on any atom is 0.247 e. The third-order valence-corrected chi connectivity index (χ3v) is 5.97. The van der Waals surface area contributed by atoms with Gasteiger partial charge in [-0.05, 0) is 42.2 Å². The topological polar surface area (TPSA) is 63.1 Å². The first kappa shape index (κ1) is 19.6. The minimum atomic E-state index is -0.993. The van der Waals surface area contributed by atoms with Crippen molar-refractivity contribution in [3.8, 4) is 22.4 Å². The standard InChI is InChI=1S/C24H24FN5O/c1-3-21(31)28-23-20(19-11-27-29(2)12-19)6-9-26-22(23)16-4-5-17-13-30(14-18(17)10-16)15-24(25)7-8-24/h3-6,9-12H,1,7-8,13-15H2,2H3,(H,28,31). The van der Waals surface area contributed by atoms with E-state index in [2.05, 4.69) is 39.0 Å². The smallest absolute Gasteiger partial charge is 0.247 e. The van der Waals surface area contributed by atoms with Gasteiger partial charge in [0.2, 0.25) is 5.91 Å². The maximum absolute atomic E-state index is 14.2. The molecule has 1 fully saturated rings. The van der Waals surface area contributed by atoms with E-state index in [9.17, 15) is 9.18 Å². The van der Waals surface area contributed by atoms with Crippen molar-refractivity contribution in [2.75, 3.05) is 11.9 Å². The molecular weight excluding hydrogens is 393 g/mol. The van der Waals surface area contributed by atoms with Gasteiger partial charge in [0.25, 0.3) is 0 Å². The van der Waals surface area contributed by atoms with Crippen LogP contribution in [0.3, 0.4) is 0 Å². The van der Waals surface area contributed by atoms with E-state index in [0.717, 1.165) is 29.8 Å². The lowest BCUT2D eigenvalue weighted by molar-refractivity contribution is -0.111. The van der Waals surface area contributed by atoms with Gasteiger partial charge in [-0.3, -0.25) is 19.4 Å². The van der Waals surface area contributed by atoms with Gasteiger partial charge in [0.15, 0.2) is 0 Å². The summed E-state index contributed by atoms with van der Waals surface area (Å²) in [6, 6.07) is 8.07. The molecule has 5 rings (SSSR count). The van der Waals surface area contributed by atoms with Crippen LogP contribution in [0.4, 0.5) is 10.1 Å². The number of rotatable bonds is 6. The first-order valence-corrected chi connectivity index (χ1v) is 10.4. The minimum absolute atomic E-state index is 0.301. The second-order valence-corrected chi connectivity index (χ2v) is 8.46. The van der Waals surface area contributed by atoms with Crippen molar-refractivity contribution in [1.82, 2.24) is 19.7 Å². The van der Waals surface area contributed by atoms with Crippen LogP contribution in [0.2, 0.25) is 0 Å². The molecule has 1 saturated carbocycles. The summed E-state index contributed by atoms with van der Waals surface area (Å²) >= 11 is 0. The maximum atomic E-state index is 14.2. The molecule has 1 aliphatic carbocycles. The molecule has 31 heavy (non-hydrogen) atoms. The average Bonchev–Trinajstić information content (AvgIpc) is 3.13. The molecule has 0 radical (unpaired) electrons. The Kier molecular flexibility index (Phi) is 4.70. The van der Waals surface area contributed by atoms with Gasteiger partial charge in [0.1, 0.15) is 5.67 Å². The molecule has 3 aromatic rings. The number of aryl methyl sites for hydroxylation is 1. The first-order chi connectivity index (χ1) is 14.9. The summed E-state index contributed by atoms with van der Waals surface area (Å²) in [5, 5.41) is 7.19. The molecule has 0 atom stereocenters. The van der Waals surface area contributed by atoms with Crippen LogP contribution in [-0.4, -0.2) is 37.8 Å². The zero-order chi connectivity index (χ0) is 21.6. The first-order valence-electron chi connectivity index (χ1n) is 10.4. The van der Waals surface area contributed by atoms with E-state index in [0.29, 0.717) is 30.8 Å². The van der Waals surface area contributed by atoms with Gasteiger partial charge in [-0.15, -0.1) is 0 Å². The van der Waals surface area contributed by atoms with Crippen LogP contribution in [0.5, 0.6) is 0 Å². The molecule has 1 amide bonds. The molecule has 1 N–H and O–H groups in total. The molecule has 158 valence electrons. The number of benzene rings is 1. The fraction of sp³-hybridized carbons (Fsp3) is 0.292. The Labute approximate surface area is 180 Å². The minimum Gasteiger partial charge on any atom is -0.320 e. The van der Waals surface area contributed by atoms with Crippen molar-refractivity contribution in [2.24, 2.45) is 7.05 Å². The van der Waals surface area contributed by atoms with Crippen molar-refractivity contribution in [1.29, 1.82) is 0 Å². The number of carbonyl (C=O) groups is 1. The van der Waals surface area contributed by atoms with Crippen molar-refractivity contribution >= 4 is 11.6 Å². The fourth-order valence-corrected chi connectivity index (χ4v) is 4.20. The Balaban J connectivity index is 1.52. The van der Waals surface area contributed by atoms with E-state index in [1.54, 1.807) is 17.1 Å². The predicted molar refractivity (Wildman–Crippen MR) is 118 cm³/mol. The second kappa shape index (κ2) is 7.42. The van der Waals surface area contributed by atoms with E-state index < -0.39 is 5.67 Å². The second-order valence-electron chi connectivity index (χ2n) is 8.46. The van der Waals surface area contributed by atoms with Crippen molar-refractivity contribution < 1.29 is 9.18 Å². The molecule has 0 bridgehead atoms. The molecule has 3 heterocycles. The largest absolute Gasteiger partial charge is 0.320 e. The van der Waals surface area contributed by atoms with Gasteiger partial charge in [0.05, 0.1) is 17.6 Å². The molecule has 0 spiro atoms. The summed E-state index contributed by atoms with van der Waals surface area (Å²) in [6.07, 6.45) is 7.97. The Bertz CT molecular complexity index is 1180. The van der Waals surface area contributed by atoms with Gasteiger partial charge in [-0.25, -0.2) is 4.39 Å². The predicted octanol–water partition coefficient (Wildman–Crippen LogP) is 4.09. The summed E-state index contributed by atoms with van der Waals surface area (Å²) in [5.41, 5.74) is 5.33. The SMILES string of the molecule is C=CC(=O)Nc1c(-c2cnn(C)c2)ccnc1-c1ccc2c(c1)CN(CC1(F)CC1)C2. The monoisotopic (exact) mass is 417 g/mol. The molecule has 2 aromatic heterocycles. The highest BCUT2D eigenvalue weighted by Gasteiger charge is 2.45. The highest BCUT2D eigenvalue weighted by atomic mass is 19.1. The highest BCUT2D eigenvalue weighted by Crippen LogP contribution is 2.42. The summed E-state index contributed by atoms with van der Waals surface area (Å²) in [4.78, 5) is 19.0. The van der Waals surface area contributed by atoms with Gasteiger partial charge >= 0.3 is 0 Å². The Hall–Kier alpha value is -3.32. The number of carbonyl (C=O) groups excluding carboxylic acids is 1. The number of hydrogen-bond acceptors (Lipinski definition) is 4. The van der Waals surface area contributed by atoms with E-state index in [1.165, 1.54) is 17.2 Å². The lowest BCUT2D eigenvalue weighted by atomic mass is 9.99. The van der Waals surface area contributed by atoms with Crippen molar-refractivity contribution in [3.05, 3.63) is 66.6 Å². The fourth-order valence-electron chi connectivity index (χ4n) is 4.20. The van der Waals surface area contributed by atoms with Gasteiger partial charge in [-0.1, -0.05) is 18.7 Å². The lowest BCUT2D eigenvalue weighted by Gasteiger charge is -2.16. The van der Waals surface area contributed by atoms with Crippen molar-refractivity contribution in [2.45, 2.75) is 31.6 Å².